The van der Waals surface area contributed by atoms with Crippen LogP contribution in [-0.2, 0) is 10.7 Å². The van der Waals surface area contributed by atoms with Crippen LogP contribution >= 0.6 is 12.0 Å². The van der Waals surface area contributed by atoms with Gasteiger partial charge >= 0.3 is 0 Å². The van der Waals surface area contributed by atoms with Gasteiger partial charge < -0.3 is 14.2 Å². The molecule has 134 valence electrons. The van der Waals surface area contributed by atoms with Gasteiger partial charge in [-0.15, -0.1) is 0 Å². The number of aromatic nitrogens is 1. The van der Waals surface area contributed by atoms with E-state index >= 15 is 0 Å². The van der Waals surface area contributed by atoms with Crippen LogP contribution in [0.3, 0.4) is 0 Å². The van der Waals surface area contributed by atoms with Gasteiger partial charge in [-0.2, -0.15) is 0 Å². The number of pyridine rings is 1. The van der Waals surface area contributed by atoms with Crippen LogP contribution in [0.1, 0.15) is 5.56 Å². The average Bonchev–Trinajstić information content (AvgIpc) is 2.70. The van der Waals surface area contributed by atoms with Crippen molar-refractivity contribution in [1.29, 1.82) is 0 Å². The van der Waals surface area contributed by atoms with Crippen molar-refractivity contribution in [3.05, 3.63) is 78.6 Å². The lowest BCUT2D eigenvalue weighted by Crippen LogP contribution is -2.20. The Morgan fingerprint density at radius 3 is 2.54 bits per heavy atom. The first kappa shape index (κ1) is 18.5. The van der Waals surface area contributed by atoms with Gasteiger partial charge in [-0.05, 0) is 41.5 Å². The van der Waals surface area contributed by atoms with Crippen molar-refractivity contribution in [2.45, 2.75) is 11.4 Å². The second kappa shape index (κ2) is 9.97. The van der Waals surface area contributed by atoms with E-state index in [1.165, 1.54) is 17.6 Å². The summed E-state index contributed by atoms with van der Waals surface area (Å²) in [6.07, 6.45) is 3.79. The van der Waals surface area contributed by atoms with E-state index in [0.717, 1.165) is 34.9 Å². The van der Waals surface area contributed by atoms with Gasteiger partial charge in [0, 0.05) is 48.0 Å². The van der Waals surface area contributed by atoms with E-state index < -0.39 is 0 Å². The van der Waals surface area contributed by atoms with Gasteiger partial charge in [-0.25, -0.2) is 0 Å². The summed E-state index contributed by atoms with van der Waals surface area (Å²) in [5.74, 6) is 0.861. The fourth-order valence-corrected chi connectivity index (χ4v) is 2.97. The van der Waals surface area contributed by atoms with Crippen LogP contribution < -0.4 is 10.1 Å². The van der Waals surface area contributed by atoms with Gasteiger partial charge in [0.15, 0.2) is 0 Å². The Morgan fingerprint density at radius 2 is 1.77 bits per heavy atom. The molecule has 0 aliphatic heterocycles. The normalized spacial score (nSPS) is 10.7. The van der Waals surface area contributed by atoms with E-state index in [-0.39, 0.29) is 0 Å². The molecule has 5 heteroatoms. The SMILES string of the molecule is COSc1ccc(OCCNCc2cncc(-c3ccccc3)c2)cc1. The average molecular weight is 366 g/mol. The largest absolute Gasteiger partial charge is 0.492 e. The third kappa shape index (κ3) is 5.59. The van der Waals surface area contributed by atoms with Crippen molar-refractivity contribution in [3.63, 3.8) is 0 Å². The molecule has 0 saturated heterocycles. The fourth-order valence-electron chi connectivity index (χ4n) is 2.53. The van der Waals surface area contributed by atoms with Crippen molar-refractivity contribution < 1.29 is 8.92 Å². The van der Waals surface area contributed by atoms with Crippen LogP contribution in [0.2, 0.25) is 0 Å². The first-order chi connectivity index (χ1) is 12.8. The van der Waals surface area contributed by atoms with E-state index in [1.54, 1.807) is 7.11 Å². The maximum absolute atomic E-state index is 5.74. The predicted octanol–water partition coefficient (Wildman–Crippen LogP) is 4.57. The zero-order chi connectivity index (χ0) is 18.0. The summed E-state index contributed by atoms with van der Waals surface area (Å²) in [6, 6.07) is 20.3. The predicted molar refractivity (Wildman–Crippen MR) is 106 cm³/mol. The second-order valence-corrected chi connectivity index (χ2v) is 6.67. The molecule has 3 aromatic rings. The number of rotatable bonds is 9. The first-order valence-corrected chi connectivity index (χ1v) is 9.23. The van der Waals surface area contributed by atoms with Gasteiger partial charge in [0.05, 0.1) is 7.11 Å². The van der Waals surface area contributed by atoms with Crippen molar-refractivity contribution in [2.24, 2.45) is 0 Å². The van der Waals surface area contributed by atoms with Gasteiger partial charge in [0.25, 0.3) is 0 Å². The molecule has 0 unspecified atom stereocenters. The molecular formula is C21H22N2O2S. The number of nitrogens with one attached hydrogen (secondary N) is 1. The molecule has 1 heterocycles. The molecule has 1 aromatic heterocycles. The van der Waals surface area contributed by atoms with Crippen LogP contribution in [-0.4, -0.2) is 25.2 Å². The highest BCUT2D eigenvalue weighted by Crippen LogP contribution is 2.21. The molecule has 0 aliphatic carbocycles. The summed E-state index contributed by atoms with van der Waals surface area (Å²) in [4.78, 5) is 5.41. The molecule has 3 rings (SSSR count). The van der Waals surface area contributed by atoms with E-state index in [0.29, 0.717) is 6.61 Å². The molecule has 0 saturated carbocycles. The number of hydrogen-bond acceptors (Lipinski definition) is 5. The Balaban J connectivity index is 1.42. The zero-order valence-electron chi connectivity index (χ0n) is 14.7. The molecule has 0 bridgehead atoms. The Morgan fingerprint density at radius 1 is 0.962 bits per heavy atom. The van der Waals surface area contributed by atoms with E-state index in [1.807, 2.05) is 54.9 Å². The summed E-state index contributed by atoms with van der Waals surface area (Å²) in [5.41, 5.74) is 3.47. The molecule has 1 N–H and O–H groups in total. The molecule has 0 aliphatic rings. The maximum Gasteiger partial charge on any atom is 0.119 e. The number of ether oxygens (including phenoxy) is 1. The Kier molecular flexibility index (Phi) is 7.07. The first-order valence-electron chi connectivity index (χ1n) is 8.49. The van der Waals surface area contributed by atoms with Crippen molar-refractivity contribution in [1.82, 2.24) is 10.3 Å². The highest BCUT2D eigenvalue weighted by molar-refractivity contribution is 7.94. The number of hydrogen-bond donors (Lipinski definition) is 1. The van der Waals surface area contributed by atoms with Gasteiger partial charge in [-0.1, -0.05) is 30.3 Å². The molecule has 2 aromatic carbocycles. The molecule has 0 atom stereocenters. The van der Waals surface area contributed by atoms with E-state index in [2.05, 4.69) is 28.5 Å². The molecule has 0 amide bonds. The summed E-state index contributed by atoms with van der Waals surface area (Å²) in [5, 5.41) is 3.39. The van der Waals surface area contributed by atoms with Crippen molar-refractivity contribution in [3.8, 4) is 16.9 Å². The molecule has 0 fully saturated rings. The fraction of sp³-hybridized carbons (Fsp3) is 0.190. The van der Waals surface area contributed by atoms with Crippen LogP contribution in [0.25, 0.3) is 11.1 Å². The topological polar surface area (TPSA) is 43.4 Å². The third-order valence-corrected chi connectivity index (χ3v) is 4.41. The smallest absolute Gasteiger partial charge is 0.119 e. The molecule has 4 nitrogen and oxygen atoms in total. The lowest BCUT2D eigenvalue weighted by atomic mass is 10.1. The molecular weight excluding hydrogens is 344 g/mol. The minimum absolute atomic E-state index is 0.614. The van der Waals surface area contributed by atoms with Crippen LogP contribution in [0.15, 0.2) is 78.0 Å². The third-order valence-electron chi connectivity index (χ3n) is 3.78. The second-order valence-electron chi connectivity index (χ2n) is 5.69. The summed E-state index contributed by atoms with van der Waals surface area (Å²) in [7, 11) is 1.66. The standard InChI is InChI=1S/C21H22N2O2S/c1-24-26-21-9-7-20(8-10-21)25-12-11-22-14-17-13-19(16-23-15-17)18-5-3-2-4-6-18/h2-10,13,15-16,22H,11-12,14H2,1H3. The lowest BCUT2D eigenvalue weighted by molar-refractivity contribution is 0.313. The zero-order valence-corrected chi connectivity index (χ0v) is 15.5. The minimum Gasteiger partial charge on any atom is -0.492 e. The molecule has 0 radical (unpaired) electrons. The monoisotopic (exact) mass is 366 g/mol. The maximum atomic E-state index is 5.74. The van der Waals surface area contributed by atoms with Gasteiger partial charge in [-0.3, -0.25) is 4.98 Å². The van der Waals surface area contributed by atoms with Crippen molar-refractivity contribution >= 4 is 12.0 Å². The van der Waals surface area contributed by atoms with Gasteiger partial charge in [0.2, 0.25) is 0 Å². The molecule has 0 spiro atoms. The summed E-state index contributed by atoms with van der Waals surface area (Å²) in [6.45, 7) is 2.15. The van der Waals surface area contributed by atoms with Crippen LogP contribution in [0, 0.1) is 0 Å². The molecule has 26 heavy (non-hydrogen) atoms. The number of benzene rings is 2. The van der Waals surface area contributed by atoms with E-state index in [4.69, 9.17) is 8.92 Å². The Hall–Kier alpha value is -2.34. The summed E-state index contributed by atoms with van der Waals surface area (Å²) >= 11 is 1.34. The van der Waals surface area contributed by atoms with E-state index in [9.17, 15) is 0 Å². The minimum atomic E-state index is 0.614. The lowest BCUT2D eigenvalue weighted by Gasteiger charge is -2.09. The van der Waals surface area contributed by atoms with Crippen LogP contribution in [0.5, 0.6) is 5.75 Å². The summed E-state index contributed by atoms with van der Waals surface area (Å²) < 4.78 is 10.8. The highest BCUT2D eigenvalue weighted by Gasteiger charge is 2.00. The van der Waals surface area contributed by atoms with Crippen molar-refractivity contribution in [2.75, 3.05) is 20.3 Å². The number of nitrogens with zero attached hydrogens (tertiary/aromatic N) is 1. The van der Waals surface area contributed by atoms with Gasteiger partial charge in [0.1, 0.15) is 12.4 Å². The van der Waals surface area contributed by atoms with Crippen LogP contribution in [0.4, 0.5) is 0 Å². The quantitative estimate of drug-likeness (QED) is 0.444. The highest BCUT2D eigenvalue weighted by atomic mass is 32.2. The Bertz CT molecular complexity index is 795. The Labute approximate surface area is 158 Å².